The van der Waals surface area contributed by atoms with Gasteiger partial charge in [0.25, 0.3) is 0 Å². The molecule has 0 amide bonds. The van der Waals surface area contributed by atoms with Crippen LogP contribution in [0.25, 0.3) is 0 Å². The fraction of sp³-hybridized carbons (Fsp3) is 0.312. The number of nitrogens with zero attached hydrogens (tertiary/aromatic N) is 1. The third kappa shape index (κ3) is 2.64. The molecule has 1 atom stereocenters. The molecule has 1 fully saturated rings. The van der Waals surface area contributed by atoms with Gasteiger partial charge >= 0.3 is 0 Å². The molecular formula is C16H18BrN3. The summed E-state index contributed by atoms with van der Waals surface area (Å²) in [6.07, 6.45) is 5.05. The minimum Gasteiger partial charge on any atom is -0.271 e. The molecule has 3 rings (SSSR count). The number of hydrazine groups is 1. The smallest absolute Gasteiger partial charge is 0.0420 e. The molecule has 104 valence electrons. The van der Waals surface area contributed by atoms with Gasteiger partial charge in [0.15, 0.2) is 0 Å². The van der Waals surface area contributed by atoms with Crippen LogP contribution in [0.15, 0.2) is 53.1 Å². The Kier molecular flexibility index (Phi) is 3.87. The van der Waals surface area contributed by atoms with E-state index in [4.69, 9.17) is 5.84 Å². The van der Waals surface area contributed by atoms with Crippen LogP contribution in [0.5, 0.6) is 0 Å². The van der Waals surface area contributed by atoms with Crippen LogP contribution < -0.4 is 11.3 Å². The lowest BCUT2D eigenvalue weighted by Gasteiger charge is -2.26. The van der Waals surface area contributed by atoms with Crippen molar-refractivity contribution in [2.45, 2.75) is 30.7 Å². The molecule has 1 unspecified atom stereocenters. The standard InChI is InChI=1S/C16H18BrN3/c17-13-6-7-14(19-11-13)10-15(20-18)16(8-9-16)12-4-2-1-3-5-12/h1-7,11,15,20H,8-10,18H2. The van der Waals surface area contributed by atoms with Gasteiger partial charge in [0.1, 0.15) is 0 Å². The minimum absolute atomic E-state index is 0.171. The molecule has 0 radical (unpaired) electrons. The van der Waals surface area contributed by atoms with E-state index in [0.29, 0.717) is 0 Å². The van der Waals surface area contributed by atoms with E-state index in [1.165, 1.54) is 18.4 Å². The molecule has 0 spiro atoms. The first-order valence-corrected chi connectivity index (χ1v) is 7.66. The van der Waals surface area contributed by atoms with E-state index in [1.807, 2.05) is 12.3 Å². The number of nitrogens with one attached hydrogen (secondary N) is 1. The number of rotatable bonds is 5. The molecule has 4 heteroatoms. The van der Waals surface area contributed by atoms with Crippen LogP contribution in [-0.4, -0.2) is 11.0 Å². The summed E-state index contributed by atoms with van der Waals surface area (Å²) in [5.41, 5.74) is 5.63. The lowest BCUT2D eigenvalue weighted by atomic mass is 9.86. The van der Waals surface area contributed by atoms with Crippen molar-refractivity contribution >= 4 is 15.9 Å². The van der Waals surface area contributed by atoms with Gasteiger partial charge < -0.3 is 0 Å². The number of pyridine rings is 1. The molecule has 0 saturated heterocycles. The van der Waals surface area contributed by atoms with Crippen molar-refractivity contribution in [2.75, 3.05) is 0 Å². The zero-order valence-corrected chi connectivity index (χ0v) is 12.8. The van der Waals surface area contributed by atoms with Crippen molar-refractivity contribution < 1.29 is 0 Å². The van der Waals surface area contributed by atoms with Crippen LogP contribution in [0.3, 0.4) is 0 Å². The molecule has 1 aromatic heterocycles. The monoisotopic (exact) mass is 331 g/mol. The number of halogens is 1. The molecular weight excluding hydrogens is 314 g/mol. The second kappa shape index (κ2) is 5.64. The molecule has 20 heavy (non-hydrogen) atoms. The van der Waals surface area contributed by atoms with E-state index in [2.05, 4.69) is 62.7 Å². The van der Waals surface area contributed by atoms with Crippen molar-refractivity contribution in [3.05, 3.63) is 64.4 Å². The lowest BCUT2D eigenvalue weighted by molar-refractivity contribution is 0.417. The van der Waals surface area contributed by atoms with Crippen molar-refractivity contribution in [3.8, 4) is 0 Å². The number of aromatic nitrogens is 1. The number of benzene rings is 1. The Bertz CT molecular complexity index is 564. The topological polar surface area (TPSA) is 50.9 Å². The number of hydrogen-bond donors (Lipinski definition) is 2. The molecule has 2 aromatic rings. The molecule has 1 aliphatic rings. The Morgan fingerprint density at radius 1 is 1.20 bits per heavy atom. The zero-order chi connectivity index (χ0) is 14.0. The molecule has 1 heterocycles. The molecule has 1 saturated carbocycles. The Hall–Kier alpha value is -1.23. The van der Waals surface area contributed by atoms with Gasteiger partial charge in [-0.2, -0.15) is 0 Å². The van der Waals surface area contributed by atoms with Gasteiger partial charge in [-0.3, -0.25) is 16.3 Å². The summed E-state index contributed by atoms with van der Waals surface area (Å²) >= 11 is 3.41. The van der Waals surface area contributed by atoms with Crippen LogP contribution in [0.1, 0.15) is 24.1 Å². The summed E-state index contributed by atoms with van der Waals surface area (Å²) in [4.78, 5) is 4.46. The van der Waals surface area contributed by atoms with E-state index >= 15 is 0 Å². The largest absolute Gasteiger partial charge is 0.271 e. The average molecular weight is 332 g/mol. The van der Waals surface area contributed by atoms with Crippen LogP contribution in [-0.2, 0) is 11.8 Å². The van der Waals surface area contributed by atoms with Crippen molar-refractivity contribution in [2.24, 2.45) is 5.84 Å². The van der Waals surface area contributed by atoms with Gasteiger partial charge in [-0.1, -0.05) is 30.3 Å². The zero-order valence-electron chi connectivity index (χ0n) is 11.2. The maximum Gasteiger partial charge on any atom is 0.0420 e. The first-order valence-electron chi connectivity index (χ1n) is 6.87. The number of nitrogens with two attached hydrogens (primary N) is 1. The predicted molar refractivity (Wildman–Crippen MR) is 84.1 cm³/mol. The lowest BCUT2D eigenvalue weighted by Crippen LogP contribution is -2.45. The Morgan fingerprint density at radius 3 is 2.50 bits per heavy atom. The summed E-state index contributed by atoms with van der Waals surface area (Å²) in [5.74, 6) is 5.83. The Morgan fingerprint density at radius 2 is 1.95 bits per heavy atom. The van der Waals surface area contributed by atoms with E-state index in [1.54, 1.807) is 0 Å². The molecule has 0 bridgehead atoms. The molecule has 1 aromatic carbocycles. The highest BCUT2D eigenvalue weighted by Crippen LogP contribution is 2.51. The quantitative estimate of drug-likeness (QED) is 0.654. The summed E-state index contributed by atoms with van der Waals surface area (Å²) in [7, 11) is 0. The summed E-state index contributed by atoms with van der Waals surface area (Å²) in [5, 5.41) is 0. The second-order valence-corrected chi connectivity index (χ2v) is 6.33. The van der Waals surface area contributed by atoms with Crippen molar-refractivity contribution in [3.63, 3.8) is 0 Å². The Balaban J connectivity index is 1.82. The third-order valence-corrected chi connectivity index (χ3v) is 4.68. The fourth-order valence-electron chi connectivity index (χ4n) is 2.89. The normalized spacial score (nSPS) is 17.7. The third-order valence-electron chi connectivity index (χ3n) is 4.21. The average Bonchev–Trinajstić information content (AvgIpc) is 3.29. The SMILES string of the molecule is NNC(Cc1ccc(Br)cn1)C1(c2ccccc2)CC1. The van der Waals surface area contributed by atoms with Crippen molar-refractivity contribution in [1.82, 2.24) is 10.4 Å². The predicted octanol–water partition coefficient (Wildman–Crippen LogP) is 2.95. The maximum absolute atomic E-state index is 5.83. The van der Waals surface area contributed by atoms with Crippen LogP contribution in [0.2, 0.25) is 0 Å². The van der Waals surface area contributed by atoms with E-state index in [0.717, 1.165) is 16.6 Å². The highest BCUT2D eigenvalue weighted by Gasteiger charge is 2.50. The molecule has 1 aliphatic carbocycles. The molecule has 3 nitrogen and oxygen atoms in total. The minimum atomic E-state index is 0.171. The second-order valence-electron chi connectivity index (χ2n) is 5.41. The summed E-state index contributed by atoms with van der Waals surface area (Å²) in [6.45, 7) is 0. The maximum atomic E-state index is 5.83. The van der Waals surface area contributed by atoms with Crippen molar-refractivity contribution in [1.29, 1.82) is 0 Å². The first-order chi connectivity index (χ1) is 9.74. The van der Waals surface area contributed by atoms with Gasteiger partial charge in [-0.15, -0.1) is 0 Å². The van der Waals surface area contributed by atoms with E-state index in [-0.39, 0.29) is 11.5 Å². The van der Waals surface area contributed by atoms with Gasteiger partial charge in [0, 0.05) is 34.2 Å². The highest BCUT2D eigenvalue weighted by atomic mass is 79.9. The fourth-order valence-corrected chi connectivity index (χ4v) is 3.13. The van der Waals surface area contributed by atoms with Crippen LogP contribution >= 0.6 is 15.9 Å². The van der Waals surface area contributed by atoms with Gasteiger partial charge in [0.05, 0.1) is 0 Å². The van der Waals surface area contributed by atoms with Crippen LogP contribution in [0.4, 0.5) is 0 Å². The Labute approximate surface area is 127 Å². The van der Waals surface area contributed by atoms with Gasteiger partial charge in [0.2, 0.25) is 0 Å². The van der Waals surface area contributed by atoms with Gasteiger partial charge in [-0.05, 0) is 46.5 Å². The van der Waals surface area contributed by atoms with E-state index < -0.39 is 0 Å². The summed E-state index contributed by atoms with van der Waals surface area (Å²) in [6, 6.07) is 15.0. The number of hydrogen-bond acceptors (Lipinski definition) is 3. The highest BCUT2D eigenvalue weighted by molar-refractivity contribution is 9.10. The van der Waals surface area contributed by atoms with Gasteiger partial charge in [-0.25, -0.2) is 0 Å². The molecule has 3 N–H and O–H groups in total. The van der Waals surface area contributed by atoms with E-state index in [9.17, 15) is 0 Å². The van der Waals surface area contributed by atoms with Crippen LogP contribution in [0, 0.1) is 0 Å². The molecule has 0 aliphatic heterocycles. The first kappa shape index (κ1) is 13.7. The summed E-state index contributed by atoms with van der Waals surface area (Å²) < 4.78 is 1.00.